The van der Waals surface area contributed by atoms with Crippen molar-refractivity contribution >= 4 is 17.7 Å². The van der Waals surface area contributed by atoms with Crippen LogP contribution in [0.3, 0.4) is 0 Å². The summed E-state index contributed by atoms with van der Waals surface area (Å²) in [6.45, 7) is 3.25. The normalized spacial score (nSPS) is 16.8. The Morgan fingerprint density at radius 1 is 1.33 bits per heavy atom. The van der Waals surface area contributed by atoms with Crippen molar-refractivity contribution in [3.63, 3.8) is 0 Å². The number of carbonyl (C=O) groups is 3. The summed E-state index contributed by atoms with van der Waals surface area (Å²) in [5, 5.41) is 0. The molecule has 5 nitrogen and oxygen atoms in total. The number of hydrogen-bond acceptors (Lipinski definition) is 3. The molecule has 5 heteroatoms. The van der Waals surface area contributed by atoms with Crippen molar-refractivity contribution in [2.75, 3.05) is 0 Å². The van der Waals surface area contributed by atoms with Crippen molar-refractivity contribution in [3.8, 4) is 0 Å². The van der Waals surface area contributed by atoms with E-state index >= 15 is 0 Å². The quantitative estimate of drug-likeness (QED) is 0.430. The molecular weight excluding hydrogens is 160 g/mol. The van der Waals surface area contributed by atoms with Crippen molar-refractivity contribution in [1.29, 1.82) is 0 Å². The highest BCUT2D eigenvalue weighted by Crippen LogP contribution is 2.16. The highest BCUT2D eigenvalue weighted by atomic mass is 16.2. The molecule has 1 heterocycles. The Balaban J connectivity index is 2.87. The molecule has 0 atom stereocenters. The number of nitrogens with zero attached hydrogens (tertiary/aromatic N) is 1. The maximum atomic E-state index is 11.0. The first-order chi connectivity index (χ1) is 5.54. The van der Waals surface area contributed by atoms with Crippen LogP contribution in [0.1, 0.15) is 12.8 Å². The molecule has 0 aliphatic carbocycles. The predicted octanol–water partition coefficient (Wildman–Crippen LogP) is -0.866. The molecule has 12 heavy (non-hydrogen) atoms. The fourth-order valence-corrected chi connectivity index (χ4v) is 0.988. The topological polar surface area (TPSA) is 80.5 Å². The largest absolute Gasteiger partial charge is 0.364 e. The molecule has 3 amide bonds. The number of amides is 3. The molecular formula is C7H8N2O3. The van der Waals surface area contributed by atoms with Gasteiger partial charge in [-0.15, -0.1) is 0 Å². The molecule has 1 rings (SSSR count). The van der Waals surface area contributed by atoms with Gasteiger partial charge in [0, 0.05) is 12.8 Å². The van der Waals surface area contributed by atoms with E-state index in [-0.39, 0.29) is 18.5 Å². The number of carbonyl (C=O) groups excluding carboxylic acids is 3. The van der Waals surface area contributed by atoms with Crippen LogP contribution >= 0.6 is 0 Å². The molecule has 1 aliphatic heterocycles. The first-order valence-corrected chi connectivity index (χ1v) is 3.38. The van der Waals surface area contributed by atoms with E-state index < -0.39 is 17.7 Å². The van der Waals surface area contributed by atoms with E-state index in [1.165, 1.54) is 0 Å². The molecule has 0 aromatic heterocycles. The van der Waals surface area contributed by atoms with Gasteiger partial charge in [0.05, 0.1) is 0 Å². The van der Waals surface area contributed by atoms with Gasteiger partial charge in [-0.1, -0.05) is 6.58 Å². The van der Waals surface area contributed by atoms with Crippen LogP contribution in [0.5, 0.6) is 0 Å². The summed E-state index contributed by atoms with van der Waals surface area (Å²) in [6, 6.07) is 0. The maximum Gasteiger partial charge on any atom is 0.265 e. The first kappa shape index (κ1) is 8.45. The van der Waals surface area contributed by atoms with Crippen LogP contribution in [0, 0.1) is 0 Å². The van der Waals surface area contributed by atoms with Gasteiger partial charge < -0.3 is 5.73 Å². The fourth-order valence-electron chi connectivity index (χ4n) is 0.988. The minimum Gasteiger partial charge on any atom is -0.364 e. The second-order valence-electron chi connectivity index (χ2n) is 2.43. The molecule has 1 aliphatic rings. The minimum absolute atomic E-state index is 0.130. The third-order valence-corrected chi connectivity index (χ3v) is 1.61. The summed E-state index contributed by atoms with van der Waals surface area (Å²) in [5.74, 6) is -1.67. The third kappa shape index (κ3) is 1.20. The van der Waals surface area contributed by atoms with Crippen LogP contribution in [0.4, 0.5) is 0 Å². The molecule has 0 radical (unpaired) electrons. The summed E-state index contributed by atoms with van der Waals surface area (Å²) >= 11 is 0. The Kier molecular flexibility index (Phi) is 1.95. The fraction of sp³-hybridized carbons (Fsp3) is 0.286. The summed E-state index contributed by atoms with van der Waals surface area (Å²) in [6.07, 6.45) is 0.260. The SMILES string of the molecule is C=C(C(N)=O)N1C(=O)CCC1=O. The molecule has 1 fully saturated rings. The summed E-state index contributed by atoms with van der Waals surface area (Å²) in [7, 11) is 0. The lowest BCUT2D eigenvalue weighted by Crippen LogP contribution is -2.34. The lowest BCUT2D eigenvalue weighted by Gasteiger charge is -2.12. The average molecular weight is 168 g/mol. The van der Waals surface area contributed by atoms with Gasteiger partial charge >= 0.3 is 0 Å². The zero-order chi connectivity index (χ0) is 9.30. The van der Waals surface area contributed by atoms with E-state index in [0.29, 0.717) is 0 Å². The van der Waals surface area contributed by atoms with Gasteiger partial charge in [0.1, 0.15) is 5.70 Å². The van der Waals surface area contributed by atoms with Gasteiger partial charge in [-0.05, 0) is 0 Å². The Morgan fingerprint density at radius 2 is 1.75 bits per heavy atom. The van der Waals surface area contributed by atoms with E-state index in [1.54, 1.807) is 0 Å². The number of hydrogen-bond donors (Lipinski definition) is 1. The lowest BCUT2D eigenvalue weighted by molar-refractivity contribution is -0.138. The summed E-state index contributed by atoms with van der Waals surface area (Å²) in [4.78, 5) is 33.2. The van der Waals surface area contributed by atoms with Crippen molar-refractivity contribution in [2.24, 2.45) is 5.73 Å². The molecule has 0 aromatic carbocycles. The van der Waals surface area contributed by atoms with Crippen LogP contribution < -0.4 is 5.73 Å². The molecule has 0 aromatic rings. The maximum absolute atomic E-state index is 11.0. The highest BCUT2D eigenvalue weighted by molar-refractivity contribution is 6.09. The van der Waals surface area contributed by atoms with E-state index in [0.717, 1.165) is 4.90 Å². The van der Waals surface area contributed by atoms with Gasteiger partial charge in [-0.2, -0.15) is 0 Å². The van der Waals surface area contributed by atoms with Gasteiger partial charge in [0.25, 0.3) is 5.91 Å². The standard InChI is InChI=1S/C7H8N2O3/c1-4(7(8)12)9-5(10)2-3-6(9)11/h1-3H2,(H2,8,12). The summed E-state index contributed by atoms with van der Waals surface area (Å²) in [5.41, 5.74) is 4.61. The van der Waals surface area contributed by atoms with Crippen molar-refractivity contribution in [2.45, 2.75) is 12.8 Å². The molecule has 64 valence electrons. The van der Waals surface area contributed by atoms with Crippen LogP contribution in [-0.4, -0.2) is 22.6 Å². The van der Waals surface area contributed by atoms with E-state index in [4.69, 9.17) is 5.73 Å². The number of nitrogens with two attached hydrogens (primary N) is 1. The molecule has 0 unspecified atom stereocenters. The van der Waals surface area contributed by atoms with Crippen LogP contribution in [-0.2, 0) is 14.4 Å². The summed E-state index contributed by atoms with van der Waals surface area (Å²) < 4.78 is 0. The zero-order valence-corrected chi connectivity index (χ0v) is 6.37. The van der Waals surface area contributed by atoms with E-state index in [9.17, 15) is 14.4 Å². The Hall–Kier alpha value is -1.65. The second kappa shape index (κ2) is 2.77. The third-order valence-electron chi connectivity index (χ3n) is 1.61. The van der Waals surface area contributed by atoms with Crippen molar-refractivity contribution < 1.29 is 14.4 Å². The Bertz CT molecular complexity index is 266. The predicted molar refractivity (Wildman–Crippen MR) is 39.4 cm³/mol. The highest BCUT2D eigenvalue weighted by Gasteiger charge is 2.32. The van der Waals surface area contributed by atoms with Crippen molar-refractivity contribution in [1.82, 2.24) is 4.90 Å². The number of likely N-dealkylation sites (tertiary alicyclic amines) is 1. The molecule has 2 N–H and O–H groups in total. The Labute approximate surface area is 68.8 Å². The molecule has 0 bridgehead atoms. The Morgan fingerprint density at radius 3 is 2.08 bits per heavy atom. The van der Waals surface area contributed by atoms with Gasteiger partial charge in [0.15, 0.2) is 0 Å². The number of rotatable bonds is 2. The monoisotopic (exact) mass is 168 g/mol. The van der Waals surface area contributed by atoms with Crippen LogP contribution in [0.2, 0.25) is 0 Å². The smallest absolute Gasteiger partial charge is 0.265 e. The second-order valence-corrected chi connectivity index (χ2v) is 2.43. The minimum atomic E-state index is -0.849. The molecule has 1 saturated heterocycles. The molecule has 0 spiro atoms. The van der Waals surface area contributed by atoms with E-state index in [1.807, 2.05) is 0 Å². The van der Waals surface area contributed by atoms with Gasteiger partial charge in [-0.3, -0.25) is 14.4 Å². The number of imide groups is 1. The van der Waals surface area contributed by atoms with Gasteiger partial charge in [0.2, 0.25) is 11.8 Å². The van der Waals surface area contributed by atoms with E-state index in [2.05, 4.69) is 6.58 Å². The molecule has 0 saturated carbocycles. The zero-order valence-electron chi connectivity index (χ0n) is 6.37. The first-order valence-electron chi connectivity index (χ1n) is 3.38. The van der Waals surface area contributed by atoms with Crippen molar-refractivity contribution in [3.05, 3.63) is 12.3 Å². The average Bonchev–Trinajstić information content (AvgIpc) is 2.30. The van der Waals surface area contributed by atoms with Crippen LogP contribution in [0.15, 0.2) is 12.3 Å². The van der Waals surface area contributed by atoms with Gasteiger partial charge in [-0.25, -0.2) is 4.90 Å². The van der Waals surface area contributed by atoms with Crippen LogP contribution in [0.25, 0.3) is 0 Å². The number of primary amides is 1. The lowest BCUT2D eigenvalue weighted by atomic mass is 10.4.